The second kappa shape index (κ2) is 7.51. The highest BCUT2D eigenvalue weighted by Gasteiger charge is 2.28. The maximum Gasteiger partial charge on any atom is 0.409 e. The van der Waals surface area contributed by atoms with Crippen LogP contribution in [0, 0.1) is 11.7 Å². The van der Waals surface area contributed by atoms with Crippen LogP contribution in [0.1, 0.15) is 39.7 Å². The van der Waals surface area contributed by atoms with Gasteiger partial charge in [-0.25, -0.2) is 14.0 Å². The van der Waals surface area contributed by atoms with E-state index < -0.39 is 0 Å². The van der Waals surface area contributed by atoms with Gasteiger partial charge in [0.25, 0.3) is 0 Å². The summed E-state index contributed by atoms with van der Waals surface area (Å²) in [5.74, 6) is -0.0648. The van der Waals surface area contributed by atoms with Crippen LogP contribution >= 0.6 is 0 Å². The molecule has 2 aromatic rings. The minimum Gasteiger partial charge on any atom is -0.450 e. The van der Waals surface area contributed by atoms with E-state index in [4.69, 9.17) is 4.74 Å². The Labute approximate surface area is 152 Å². The van der Waals surface area contributed by atoms with Gasteiger partial charge in [0.1, 0.15) is 5.82 Å². The summed E-state index contributed by atoms with van der Waals surface area (Å²) >= 11 is 0. The molecule has 0 saturated carbocycles. The molecule has 0 bridgehead atoms. The number of nitrogens with zero attached hydrogens (tertiary/aromatic N) is 3. The predicted molar refractivity (Wildman–Crippen MR) is 97.9 cm³/mol. The molecule has 1 saturated heterocycles. The molecule has 0 spiro atoms. The molecule has 2 heterocycles. The summed E-state index contributed by atoms with van der Waals surface area (Å²) in [7, 11) is 0. The van der Waals surface area contributed by atoms with Gasteiger partial charge < -0.3 is 9.64 Å². The lowest BCUT2D eigenvalue weighted by atomic mass is 10.0. The molecule has 26 heavy (non-hydrogen) atoms. The molecule has 1 aliphatic heterocycles. The third-order valence-electron chi connectivity index (χ3n) is 4.83. The number of carbonyl (C=O) groups is 1. The molecule has 142 valence electrons. The van der Waals surface area contributed by atoms with Gasteiger partial charge in [0, 0.05) is 25.7 Å². The van der Waals surface area contributed by atoms with Crippen LogP contribution < -0.4 is 5.69 Å². The summed E-state index contributed by atoms with van der Waals surface area (Å²) in [6, 6.07) is 4.50. The Morgan fingerprint density at radius 2 is 1.96 bits per heavy atom. The Morgan fingerprint density at radius 1 is 1.27 bits per heavy atom. The zero-order valence-corrected chi connectivity index (χ0v) is 15.6. The van der Waals surface area contributed by atoms with Crippen LogP contribution in [0.2, 0.25) is 0 Å². The number of hydrogen-bond donors (Lipinski definition) is 0. The standard InChI is InChI=1S/C19H26FN3O3/c1-4-26-19(25)21-9-7-15(8-10-21)23-16-6-5-14(20)11-17(16)22(18(23)24)12-13(2)3/h5-6,11,13,15H,4,7-10,12H2,1-3H3. The van der Waals surface area contributed by atoms with E-state index in [-0.39, 0.29) is 29.6 Å². The topological polar surface area (TPSA) is 56.5 Å². The molecule has 1 aliphatic rings. The third-order valence-corrected chi connectivity index (χ3v) is 4.83. The first kappa shape index (κ1) is 18.5. The van der Waals surface area contributed by atoms with Crippen molar-refractivity contribution in [2.24, 2.45) is 5.92 Å². The van der Waals surface area contributed by atoms with E-state index in [0.717, 1.165) is 5.52 Å². The zero-order chi connectivity index (χ0) is 18.8. The number of fused-ring (bicyclic) bond motifs is 1. The van der Waals surface area contributed by atoms with E-state index in [1.807, 2.05) is 13.8 Å². The van der Waals surface area contributed by atoms with Crippen LogP contribution in [-0.2, 0) is 11.3 Å². The lowest BCUT2D eigenvalue weighted by Gasteiger charge is -2.31. The van der Waals surface area contributed by atoms with Crippen molar-refractivity contribution in [3.05, 3.63) is 34.5 Å². The van der Waals surface area contributed by atoms with E-state index in [9.17, 15) is 14.0 Å². The molecule has 0 radical (unpaired) electrons. The van der Waals surface area contributed by atoms with Gasteiger partial charge in [-0.1, -0.05) is 13.8 Å². The largest absolute Gasteiger partial charge is 0.450 e. The number of imidazole rings is 1. The van der Waals surface area contributed by atoms with Gasteiger partial charge in [-0.2, -0.15) is 0 Å². The van der Waals surface area contributed by atoms with E-state index in [2.05, 4.69) is 0 Å². The van der Waals surface area contributed by atoms with Crippen molar-refractivity contribution >= 4 is 17.1 Å². The number of likely N-dealkylation sites (tertiary alicyclic amines) is 1. The van der Waals surface area contributed by atoms with Crippen molar-refractivity contribution in [2.75, 3.05) is 19.7 Å². The minimum absolute atomic E-state index is 0.00505. The summed E-state index contributed by atoms with van der Waals surface area (Å²) < 4.78 is 22.3. The lowest BCUT2D eigenvalue weighted by Crippen LogP contribution is -2.41. The first-order valence-corrected chi connectivity index (χ1v) is 9.24. The van der Waals surface area contributed by atoms with Crippen molar-refractivity contribution in [1.29, 1.82) is 0 Å². The maximum atomic E-state index is 13.8. The van der Waals surface area contributed by atoms with E-state index in [1.165, 1.54) is 12.1 Å². The highest BCUT2D eigenvalue weighted by atomic mass is 19.1. The minimum atomic E-state index is -0.343. The highest BCUT2D eigenvalue weighted by molar-refractivity contribution is 5.76. The SMILES string of the molecule is CCOC(=O)N1CCC(n2c(=O)n(CC(C)C)c3cc(F)ccc32)CC1. The van der Waals surface area contributed by atoms with Crippen LogP contribution in [0.4, 0.5) is 9.18 Å². The number of halogens is 1. The lowest BCUT2D eigenvalue weighted by molar-refractivity contribution is 0.0927. The summed E-state index contributed by atoms with van der Waals surface area (Å²) in [4.78, 5) is 26.6. The van der Waals surface area contributed by atoms with Crippen LogP contribution in [-0.4, -0.2) is 39.8 Å². The van der Waals surface area contributed by atoms with Gasteiger partial charge in [0.15, 0.2) is 0 Å². The Hall–Kier alpha value is -2.31. The van der Waals surface area contributed by atoms with Crippen LogP contribution in [0.3, 0.4) is 0 Å². The van der Waals surface area contributed by atoms with E-state index in [1.54, 1.807) is 27.0 Å². The molecular weight excluding hydrogens is 337 g/mol. The molecule has 0 unspecified atom stereocenters. The van der Waals surface area contributed by atoms with Crippen molar-refractivity contribution in [3.63, 3.8) is 0 Å². The molecule has 0 aliphatic carbocycles. The zero-order valence-electron chi connectivity index (χ0n) is 15.6. The molecule has 7 heteroatoms. The number of aromatic nitrogens is 2. The Balaban J connectivity index is 1.92. The van der Waals surface area contributed by atoms with Gasteiger partial charge in [-0.3, -0.25) is 9.13 Å². The quantitative estimate of drug-likeness (QED) is 0.837. The van der Waals surface area contributed by atoms with Gasteiger partial charge >= 0.3 is 11.8 Å². The normalized spacial score (nSPS) is 15.8. The number of piperidine rings is 1. The molecule has 1 fully saturated rings. The number of benzene rings is 1. The smallest absolute Gasteiger partial charge is 0.409 e. The summed E-state index contributed by atoms with van der Waals surface area (Å²) in [5, 5.41) is 0. The molecule has 0 atom stereocenters. The first-order valence-electron chi connectivity index (χ1n) is 9.24. The number of carbonyl (C=O) groups excluding carboxylic acids is 1. The third kappa shape index (κ3) is 3.48. The second-order valence-electron chi connectivity index (χ2n) is 7.21. The van der Waals surface area contributed by atoms with Crippen molar-refractivity contribution in [2.45, 2.75) is 46.2 Å². The molecule has 0 N–H and O–H groups in total. The monoisotopic (exact) mass is 363 g/mol. The fraction of sp³-hybridized carbons (Fsp3) is 0.579. The fourth-order valence-corrected chi connectivity index (χ4v) is 3.67. The highest BCUT2D eigenvalue weighted by Crippen LogP contribution is 2.27. The molecule has 1 aromatic carbocycles. The summed E-state index contributed by atoms with van der Waals surface area (Å²) in [6.07, 6.45) is 1.05. The summed E-state index contributed by atoms with van der Waals surface area (Å²) in [6.45, 7) is 7.86. The molecule has 3 rings (SSSR count). The van der Waals surface area contributed by atoms with Gasteiger partial charge in [-0.05, 0) is 43.9 Å². The second-order valence-corrected chi connectivity index (χ2v) is 7.21. The van der Waals surface area contributed by atoms with Crippen LogP contribution in [0.5, 0.6) is 0 Å². The average Bonchev–Trinajstić information content (AvgIpc) is 2.86. The van der Waals surface area contributed by atoms with E-state index in [0.29, 0.717) is 44.6 Å². The number of amides is 1. The number of ether oxygens (including phenoxy) is 1. The Kier molecular flexibility index (Phi) is 5.34. The van der Waals surface area contributed by atoms with Gasteiger partial charge in [-0.15, -0.1) is 0 Å². The van der Waals surface area contributed by atoms with Gasteiger partial charge in [0.2, 0.25) is 0 Å². The van der Waals surface area contributed by atoms with Crippen LogP contribution in [0.25, 0.3) is 11.0 Å². The van der Waals surface area contributed by atoms with Gasteiger partial charge in [0.05, 0.1) is 17.6 Å². The van der Waals surface area contributed by atoms with Crippen molar-refractivity contribution < 1.29 is 13.9 Å². The molecule has 1 amide bonds. The average molecular weight is 363 g/mol. The number of hydrogen-bond acceptors (Lipinski definition) is 3. The Bertz CT molecular complexity index is 848. The Morgan fingerprint density at radius 3 is 2.58 bits per heavy atom. The molecule has 6 nitrogen and oxygen atoms in total. The van der Waals surface area contributed by atoms with Crippen LogP contribution in [0.15, 0.2) is 23.0 Å². The van der Waals surface area contributed by atoms with Crippen molar-refractivity contribution in [1.82, 2.24) is 14.0 Å². The number of rotatable bonds is 4. The van der Waals surface area contributed by atoms with Crippen molar-refractivity contribution in [3.8, 4) is 0 Å². The fourth-order valence-electron chi connectivity index (χ4n) is 3.67. The molecular formula is C19H26FN3O3. The first-order chi connectivity index (χ1) is 12.4. The summed E-state index contributed by atoms with van der Waals surface area (Å²) in [5.41, 5.74) is 1.29. The predicted octanol–water partition coefficient (Wildman–Crippen LogP) is 3.39. The maximum absolute atomic E-state index is 13.8. The molecule has 1 aromatic heterocycles. The van der Waals surface area contributed by atoms with E-state index >= 15 is 0 Å².